The van der Waals surface area contributed by atoms with Gasteiger partial charge in [-0.15, -0.1) is 0 Å². The molecule has 1 saturated heterocycles. The quantitative estimate of drug-likeness (QED) is 0.795. The zero-order chi connectivity index (χ0) is 17.6. The first-order chi connectivity index (χ1) is 12.2. The second-order valence-electron chi connectivity index (χ2n) is 6.74. The van der Waals surface area contributed by atoms with Crippen LogP contribution in [-0.2, 0) is 11.3 Å². The fourth-order valence-electron chi connectivity index (χ4n) is 3.05. The molecule has 1 fully saturated rings. The average molecular weight is 340 g/mol. The third-order valence-corrected chi connectivity index (χ3v) is 4.89. The lowest BCUT2D eigenvalue weighted by atomic mass is 10.1. The number of para-hydroxylation sites is 1. The summed E-state index contributed by atoms with van der Waals surface area (Å²) in [6, 6.07) is 16.5. The maximum Gasteiger partial charge on any atom is 0.131 e. The Bertz CT molecular complexity index is 664. The van der Waals surface area contributed by atoms with Gasteiger partial charge in [0.15, 0.2) is 0 Å². The molecule has 1 aliphatic heterocycles. The first-order valence-electron chi connectivity index (χ1n) is 8.95. The molecule has 0 spiro atoms. The molecule has 1 aliphatic rings. The van der Waals surface area contributed by atoms with E-state index in [1.165, 1.54) is 5.56 Å². The van der Waals surface area contributed by atoms with E-state index in [9.17, 15) is 0 Å². The lowest BCUT2D eigenvalue weighted by molar-refractivity contribution is 0.119. The van der Waals surface area contributed by atoms with Crippen molar-refractivity contribution < 1.29 is 9.47 Å². The number of hydrogen-bond donors (Lipinski definition) is 0. The zero-order valence-electron chi connectivity index (χ0n) is 15.4. The van der Waals surface area contributed by atoms with Gasteiger partial charge in [0, 0.05) is 45.4 Å². The van der Waals surface area contributed by atoms with Crippen LogP contribution in [0.15, 0.2) is 48.5 Å². The Morgan fingerprint density at radius 2 is 1.64 bits per heavy atom. The van der Waals surface area contributed by atoms with Gasteiger partial charge in [-0.05, 0) is 37.7 Å². The molecule has 1 heterocycles. The molecule has 4 heteroatoms. The Balaban J connectivity index is 1.68. The SMILES string of the molecule is CO[C@H](C)c1ccc(Oc2ccccc2CN2CCN(C)CC2)cc1. The van der Waals surface area contributed by atoms with Gasteiger partial charge in [-0.2, -0.15) is 0 Å². The number of benzene rings is 2. The first kappa shape index (κ1) is 17.9. The van der Waals surface area contributed by atoms with Crippen LogP contribution in [-0.4, -0.2) is 50.1 Å². The Hall–Kier alpha value is -1.88. The van der Waals surface area contributed by atoms with E-state index in [0.717, 1.165) is 49.8 Å². The summed E-state index contributed by atoms with van der Waals surface area (Å²) in [5.74, 6) is 1.80. The van der Waals surface area contributed by atoms with Gasteiger partial charge in [-0.3, -0.25) is 4.90 Å². The number of ether oxygens (including phenoxy) is 2. The lowest BCUT2D eigenvalue weighted by Gasteiger charge is -2.32. The minimum Gasteiger partial charge on any atom is -0.457 e. The van der Waals surface area contributed by atoms with Crippen LogP contribution in [0.25, 0.3) is 0 Å². The van der Waals surface area contributed by atoms with Crippen molar-refractivity contribution in [1.82, 2.24) is 9.80 Å². The van der Waals surface area contributed by atoms with Crippen LogP contribution < -0.4 is 4.74 Å². The molecule has 0 N–H and O–H groups in total. The van der Waals surface area contributed by atoms with Gasteiger partial charge in [0.2, 0.25) is 0 Å². The molecule has 4 nitrogen and oxygen atoms in total. The van der Waals surface area contributed by atoms with Crippen molar-refractivity contribution in [3.05, 3.63) is 59.7 Å². The largest absolute Gasteiger partial charge is 0.457 e. The van der Waals surface area contributed by atoms with Crippen LogP contribution in [0, 0.1) is 0 Å². The highest BCUT2D eigenvalue weighted by Crippen LogP contribution is 2.28. The molecule has 0 saturated carbocycles. The predicted molar refractivity (Wildman–Crippen MR) is 101 cm³/mol. The van der Waals surface area contributed by atoms with Crippen LogP contribution in [0.4, 0.5) is 0 Å². The molecule has 2 aromatic rings. The van der Waals surface area contributed by atoms with Crippen molar-refractivity contribution in [2.24, 2.45) is 0 Å². The summed E-state index contributed by atoms with van der Waals surface area (Å²) in [5, 5.41) is 0. The normalized spacial score (nSPS) is 17.4. The molecule has 3 rings (SSSR count). The Labute approximate surface area is 151 Å². The van der Waals surface area contributed by atoms with Gasteiger partial charge >= 0.3 is 0 Å². The van der Waals surface area contributed by atoms with Crippen LogP contribution in [0.3, 0.4) is 0 Å². The number of hydrogen-bond acceptors (Lipinski definition) is 4. The molecule has 0 bridgehead atoms. The van der Waals surface area contributed by atoms with Gasteiger partial charge in [-0.25, -0.2) is 0 Å². The molecule has 0 amide bonds. The molecule has 0 radical (unpaired) electrons. The van der Waals surface area contributed by atoms with Crippen LogP contribution in [0.5, 0.6) is 11.5 Å². The summed E-state index contributed by atoms with van der Waals surface area (Å²) >= 11 is 0. The second kappa shape index (κ2) is 8.48. The lowest BCUT2D eigenvalue weighted by Crippen LogP contribution is -2.43. The summed E-state index contributed by atoms with van der Waals surface area (Å²) in [6.07, 6.45) is 0.0959. The standard InChI is InChI=1S/C21H28N2O2/c1-17(24-3)18-8-10-20(11-9-18)25-21-7-5-4-6-19(21)16-23-14-12-22(2)13-15-23/h4-11,17H,12-16H2,1-3H3/t17-/m1/s1. The van der Waals surface area contributed by atoms with Gasteiger partial charge in [0.05, 0.1) is 6.10 Å². The smallest absolute Gasteiger partial charge is 0.131 e. The Morgan fingerprint density at radius 3 is 2.32 bits per heavy atom. The second-order valence-corrected chi connectivity index (χ2v) is 6.74. The third kappa shape index (κ3) is 4.82. The average Bonchev–Trinajstić information content (AvgIpc) is 2.65. The van der Waals surface area contributed by atoms with Crippen LogP contribution in [0.1, 0.15) is 24.2 Å². The Kier molecular flexibility index (Phi) is 6.08. The minimum atomic E-state index is 0.0959. The van der Waals surface area contributed by atoms with Crippen molar-refractivity contribution in [1.29, 1.82) is 0 Å². The molecule has 1 atom stereocenters. The highest BCUT2D eigenvalue weighted by Gasteiger charge is 2.16. The molecule has 0 unspecified atom stereocenters. The maximum atomic E-state index is 6.16. The third-order valence-electron chi connectivity index (χ3n) is 4.89. The van der Waals surface area contributed by atoms with E-state index in [-0.39, 0.29) is 6.10 Å². The van der Waals surface area contributed by atoms with E-state index >= 15 is 0 Å². The predicted octanol–water partition coefficient (Wildman–Crippen LogP) is 3.93. The van der Waals surface area contributed by atoms with Gasteiger partial charge in [0.25, 0.3) is 0 Å². The summed E-state index contributed by atoms with van der Waals surface area (Å²) < 4.78 is 11.5. The van der Waals surface area contributed by atoms with Gasteiger partial charge in [-0.1, -0.05) is 30.3 Å². The van der Waals surface area contributed by atoms with E-state index < -0.39 is 0 Å². The molecular weight excluding hydrogens is 312 g/mol. The molecular formula is C21H28N2O2. The van der Waals surface area contributed by atoms with E-state index in [0.29, 0.717) is 0 Å². The fraction of sp³-hybridized carbons (Fsp3) is 0.429. The number of rotatable bonds is 6. The van der Waals surface area contributed by atoms with E-state index in [2.05, 4.69) is 47.2 Å². The molecule has 0 aromatic heterocycles. The molecule has 2 aromatic carbocycles. The Morgan fingerprint density at radius 1 is 0.960 bits per heavy atom. The number of likely N-dealkylation sites (N-methyl/N-ethyl adjacent to an activating group) is 1. The topological polar surface area (TPSA) is 24.9 Å². The van der Waals surface area contributed by atoms with Crippen LogP contribution >= 0.6 is 0 Å². The van der Waals surface area contributed by atoms with Crippen molar-refractivity contribution in [2.45, 2.75) is 19.6 Å². The number of nitrogens with zero attached hydrogens (tertiary/aromatic N) is 2. The van der Waals surface area contributed by atoms with E-state index in [1.54, 1.807) is 7.11 Å². The summed E-state index contributed by atoms with van der Waals surface area (Å²) in [6.45, 7) is 7.44. The van der Waals surface area contributed by atoms with E-state index in [4.69, 9.17) is 9.47 Å². The van der Waals surface area contributed by atoms with Crippen molar-refractivity contribution >= 4 is 0 Å². The van der Waals surface area contributed by atoms with Crippen molar-refractivity contribution in [2.75, 3.05) is 40.3 Å². The molecule has 0 aliphatic carbocycles. The number of methoxy groups -OCH3 is 1. The summed E-state index contributed by atoms with van der Waals surface area (Å²) in [5.41, 5.74) is 2.39. The minimum absolute atomic E-state index is 0.0959. The van der Waals surface area contributed by atoms with Crippen molar-refractivity contribution in [3.63, 3.8) is 0 Å². The van der Waals surface area contributed by atoms with Gasteiger partial charge < -0.3 is 14.4 Å². The zero-order valence-corrected chi connectivity index (χ0v) is 15.4. The maximum absolute atomic E-state index is 6.16. The van der Waals surface area contributed by atoms with Crippen LogP contribution in [0.2, 0.25) is 0 Å². The van der Waals surface area contributed by atoms with E-state index in [1.807, 2.05) is 25.1 Å². The summed E-state index contributed by atoms with van der Waals surface area (Å²) in [4.78, 5) is 4.87. The van der Waals surface area contributed by atoms with Gasteiger partial charge in [0.1, 0.15) is 11.5 Å². The fourth-order valence-corrected chi connectivity index (χ4v) is 3.05. The highest BCUT2D eigenvalue weighted by molar-refractivity contribution is 5.38. The first-order valence-corrected chi connectivity index (χ1v) is 8.95. The molecule has 134 valence electrons. The molecule has 25 heavy (non-hydrogen) atoms. The van der Waals surface area contributed by atoms with Crippen molar-refractivity contribution in [3.8, 4) is 11.5 Å². The highest BCUT2D eigenvalue weighted by atomic mass is 16.5. The summed E-state index contributed by atoms with van der Waals surface area (Å²) in [7, 11) is 3.91. The number of piperazine rings is 1. The monoisotopic (exact) mass is 340 g/mol.